The fourth-order valence-electron chi connectivity index (χ4n) is 2.08. The zero-order valence-electron chi connectivity index (χ0n) is 13.1. The maximum atomic E-state index is 6.09. The van der Waals surface area contributed by atoms with Gasteiger partial charge >= 0.3 is 0 Å². The van der Waals surface area contributed by atoms with Crippen molar-refractivity contribution in [3.63, 3.8) is 0 Å². The number of aromatic nitrogens is 5. The molecule has 3 aromatic rings. The van der Waals surface area contributed by atoms with E-state index < -0.39 is 0 Å². The van der Waals surface area contributed by atoms with Crippen molar-refractivity contribution in [2.45, 2.75) is 37.6 Å². The van der Waals surface area contributed by atoms with Crippen LogP contribution in [0.15, 0.2) is 33.9 Å². The molecule has 0 saturated carbocycles. The molecule has 0 bridgehead atoms. The normalized spacial score (nSPS) is 11.0. The topological polar surface area (TPSA) is 95.7 Å². The quantitative estimate of drug-likeness (QED) is 0.548. The molecular formula is C15H18N6OS. The van der Waals surface area contributed by atoms with Crippen molar-refractivity contribution in [1.82, 2.24) is 25.0 Å². The lowest BCUT2D eigenvalue weighted by Crippen LogP contribution is -2.11. The van der Waals surface area contributed by atoms with Gasteiger partial charge < -0.3 is 10.4 Å². The summed E-state index contributed by atoms with van der Waals surface area (Å²) in [5, 5.41) is 12.8. The van der Waals surface area contributed by atoms with E-state index in [1.54, 1.807) is 0 Å². The van der Waals surface area contributed by atoms with E-state index in [1.165, 1.54) is 22.0 Å². The van der Waals surface area contributed by atoms with Crippen LogP contribution in [0.2, 0.25) is 0 Å². The fraction of sp³-hybridized carbons (Fsp3) is 0.333. The third-order valence-corrected chi connectivity index (χ3v) is 4.21. The van der Waals surface area contributed by atoms with Crippen LogP contribution < -0.4 is 5.84 Å². The smallest absolute Gasteiger partial charge is 0.237 e. The van der Waals surface area contributed by atoms with E-state index in [2.05, 4.69) is 27.3 Å². The number of nitrogens with zero attached hydrogens (tertiary/aromatic N) is 5. The van der Waals surface area contributed by atoms with Gasteiger partial charge in [-0.25, -0.2) is 4.68 Å². The summed E-state index contributed by atoms with van der Waals surface area (Å²) in [6.45, 7) is 4.11. The van der Waals surface area contributed by atoms with Gasteiger partial charge in [0.25, 0.3) is 0 Å². The number of hydrogen-bond acceptors (Lipinski definition) is 7. The fourth-order valence-corrected chi connectivity index (χ4v) is 2.77. The lowest BCUT2D eigenvalue weighted by molar-refractivity contribution is 0.384. The highest BCUT2D eigenvalue weighted by atomic mass is 32.2. The minimum absolute atomic E-state index is 0.514. The zero-order chi connectivity index (χ0) is 16.2. The summed E-state index contributed by atoms with van der Waals surface area (Å²) >= 11 is 1.42. The molecule has 0 aliphatic carbocycles. The predicted octanol–water partition coefficient (Wildman–Crippen LogP) is 2.60. The standard InChI is InChI=1S/C15H18N6OS/c1-3-4-12-17-13(22-20-12)9-23-15-19-18-14(21(15)16)11-7-5-10(2)6-8-11/h5-8H,3-4,9,16H2,1-2H3. The van der Waals surface area contributed by atoms with Crippen molar-refractivity contribution in [3.8, 4) is 11.4 Å². The number of benzene rings is 1. The first-order valence-corrected chi connectivity index (χ1v) is 8.37. The van der Waals surface area contributed by atoms with Crippen LogP contribution in [0.4, 0.5) is 0 Å². The van der Waals surface area contributed by atoms with E-state index >= 15 is 0 Å². The van der Waals surface area contributed by atoms with E-state index in [0.717, 1.165) is 24.2 Å². The molecule has 0 aliphatic rings. The Kier molecular flexibility index (Phi) is 4.61. The van der Waals surface area contributed by atoms with Crippen molar-refractivity contribution in [1.29, 1.82) is 0 Å². The summed E-state index contributed by atoms with van der Waals surface area (Å²) in [4.78, 5) is 4.32. The van der Waals surface area contributed by atoms with Crippen molar-refractivity contribution >= 4 is 11.8 Å². The largest absolute Gasteiger partial charge is 0.338 e. The Morgan fingerprint density at radius 3 is 2.74 bits per heavy atom. The maximum absolute atomic E-state index is 6.09. The van der Waals surface area contributed by atoms with Crippen LogP contribution >= 0.6 is 11.8 Å². The molecule has 23 heavy (non-hydrogen) atoms. The van der Waals surface area contributed by atoms with Crippen molar-refractivity contribution in [3.05, 3.63) is 41.5 Å². The molecule has 1 aromatic carbocycles. The van der Waals surface area contributed by atoms with Crippen LogP contribution in [-0.2, 0) is 12.2 Å². The molecule has 0 unspecified atom stereocenters. The van der Waals surface area contributed by atoms with Crippen LogP contribution in [0, 0.1) is 6.92 Å². The van der Waals surface area contributed by atoms with E-state index in [1.807, 2.05) is 31.2 Å². The molecule has 3 rings (SSSR count). The summed E-state index contributed by atoms with van der Waals surface area (Å²) in [6, 6.07) is 7.99. The van der Waals surface area contributed by atoms with E-state index in [9.17, 15) is 0 Å². The Balaban J connectivity index is 1.70. The first-order valence-electron chi connectivity index (χ1n) is 7.39. The van der Waals surface area contributed by atoms with Gasteiger partial charge in [-0.3, -0.25) is 0 Å². The minimum atomic E-state index is 0.514. The molecule has 0 atom stereocenters. The van der Waals surface area contributed by atoms with Gasteiger partial charge in [0.15, 0.2) is 11.6 Å². The molecule has 0 aliphatic heterocycles. The summed E-state index contributed by atoms with van der Waals surface area (Å²) in [6.07, 6.45) is 1.81. The molecular weight excluding hydrogens is 312 g/mol. The second-order valence-corrected chi connectivity index (χ2v) is 6.13. The van der Waals surface area contributed by atoms with Crippen molar-refractivity contribution in [2.24, 2.45) is 0 Å². The number of nitrogens with two attached hydrogens (primary N) is 1. The zero-order valence-corrected chi connectivity index (χ0v) is 13.9. The average molecular weight is 330 g/mol. The highest BCUT2D eigenvalue weighted by Gasteiger charge is 2.14. The molecule has 120 valence electrons. The number of aryl methyl sites for hydroxylation is 2. The van der Waals surface area contributed by atoms with Crippen LogP contribution in [0.3, 0.4) is 0 Å². The SMILES string of the molecule is CCCc1noc(CSc2nnc(-c3ccc(C)cc3)n2N)n1. The molecule has 2 aromatic heterocycles. The molecule has 7 nitrogen and oxygen atoms in total. The Morgan fingerprint density at radius 2 is 2.00 bits per heavy atom. The van der Waals surface area contributed by atoms with Crippen LogP contribution in [0.5, 0.6) is 0 Å². The van der Waals surface area contributed by atoms with Crippen molar-refractivity contribution in [2.75, 3.05) is 5.84 Å². The molecule has 0 radical (unpaired) electrons. The second kappa shape index (κ2) is 6.82. The van der Waals surface area contributed by atoms with Gasteiger partial charge in [0.05, 0.1) is 5.75 Å². The molecule has 0 amide bonds. The number of rotatable bonds is 6. The Bertz CT molecular complexity index is 780. The lowest BCUT2D eigenvalue weighted by Gasteiger charge is -2.03. The van der Waals surface area contributed by atoms with Gasteiger partial charge in [-0.2, -0.15) is 4.98 Å². The average Bonchev–Trinajstić information content (AvgIpc) is 3.14. The lowest BCUT2D eigenvalue weighted by atomic mass is 10.1. The van der Waals surface area contributed by atoms with Gasteiger partial charge in [0.2, 0.25) is 11.0 Å². The third kappa shape index (κ3) is 3.53. The van der Waals surface area contributed by atoms with Crippen LogP contribution in [-0.4, -0.2) is 25.0 Å². The van der Waals surface area contributed by atoms with Gasteiger partial charge in [-0.05, 0) is 13.3 Å². The highest BCUT2D eigenvalue weighted by molar-refractivity contribution is 7.98. The first-order chi connectivity index (χ1) is 11.2. The minimum Gasteiger partial charge on any atom is -0.338 e. The van der Waals surface area contributed by atoms with Crippen LogP contribution in [0.1, 0.15) is 30.6 Å². The summed E-state index contributed by atoms with van der Waals surface area (Å²) < 4.78 is 6.69. The predicted molar refractivity (Wildman–Crippen MR) is 88.2 cm³/mol. The third-order valence-electron chi connectivity index (χ3n) is 3.28. The monoisotopic (exact) mass is 330 g/mol. The van der Waals surface area contributed by atoms with Gasteiger partial charge in [0.1, 0.15) is 0 Å². The molecule has 0 saturated heterocycles. The number of nitrogen functional groups attached to an aromatic ring is 1. The summed E-state index contributed by atoms with van der Waals surface area (Å²) in [5.74, 6) is 8.54. The van der Waals surface area contributed by atoms with Gasteiger partial charge in [0, 0.05) is 12.0 Å². The first kappa shape index (κ1) is 15.5. The number of thioether (sulfide) groups is 1. The Hall–Kier alpha value is -2.35. The highest BCUT2D eigenvalue weighted by Crippen LogP contribution is 2.24. The van der Waals surface area contributed by atoms with Crippen molar-refractivity contribution < 1.29 is 4.52 Å². The van der Waals surface area contributed by atoms with Gasteiger partial charge in [-0.15, -0.1) is 10.2 Å². The molecule has 2 heterocycles. The molecule has 2 N–H and O–H groups in total. The summed E-state index contributed by atoms with van der Waals surface area (Å²) in [7, 11) is 0. The molecule has 0 fully saturated rings. The number of hydrogen-bond donors (Lipinski definition) is 1. The van der Waals surface area contributed by atoms with Crippen LogP contribution in [0.25, 0.3) is 11.4 Å². The van der Waals surface area contributed by atoms with Gasteiger partial charge in [-0.1, -0.05) is 53.7 Å². The van der Waals surface area contributed by atoms with E-state index in [4.69, 9.17) is 10.4 Å². The molecule has 8 heteroatoms. The summed E-state index contributed by atoms with van der Waals surface area (Å²) in [5.41, 5.74) is 2.12. The van der Waals surface area contributed by atoms with E-state index in [0.29, 0.717) is 22.6 Å². The second-order valence-electron chi connectivity index (χ2n) is 5.19. The maximum Gasteiger partial charge on any atom is 0.237 e. The molecule has 0 spiro atoms. The Labute approximate surface area is 138 Å². The van der Waals surface area contributed by atoms with E-state index in [-0.39, 0.29) is 0 Å². The Morgan fingerprint density at radius 1 is 1.22 bits per heavy atom.